The quantitative estimate of drug-likeness (QED) is 0.0619. The summed E-state index contributed by atoms with van der Waals surface area (Å²) in [5, 5.41) is 4.21. The molecular weight excluding hydrogens is 614 g/mol. The number of carbonyl (C=O) groups is 3. The SMILES string of the molecule is O=C1NC(=O)C(=Cc2ccc(N(CCOCc3ccccc3)CCOC(c3ccccc3)(c3ccccc3)c3ccccc3)cc2)C(=O)N1. The van der Waals surface area contributed by atoms with Gasteiger partial charge in [-0.05, 0) is 46.0 Å². The number of ether oxygens (including phenoxy) is 2. The molecule has 1 fully saturated rings. The molecule has 0 saturated carbocycles. The standard InChI is InChI=1S/C41H37N3O5/c45-38-37(39(46)43-40(47)42-38)29-31-21-23-36(24-22-31)44(25-27-48-30-32-13-5-1-6-14-32)26-28-49-41(33-15-7-2-8-16-33,34-17-9-3-10-18-34)35-19-11-4-12-20-35/h1-24,29H,25-28,30H2,(H2,42,43,45,46,47). The lowest BCUT2D eigenvalue weighted by molar-refractivity contribution is -0.123. The first-order chi connectivity index (χ1) is 24.0. The van der Waals surface area contributed by atoms with Crippen LogP contribution in [0.15, 0.2) is 151 Å². The number of rotatable bonds is 14. The van der Waals surface area contributed by atoms with E-state index in [1.165, 1.54) is 6.08 Å². The summed E-state index contributed by atoms with van der Waals surface area (Å²) in [5.74, 6) is -1.46. The number of hydrogen-bond donors (Lipinski definition) is 2. The van der Waals surface area contributed by atoms with E-state index in [1.54, 1.807) is 0 Å². The highest BCUT2D eigenvalue weighted by atomic mass is 16.5. The number of hydrogen-bond acceptors (Lipinski definition) is 6. The second-order valence-electron chi connectivity index (χ2n) is 11.5. The van der Waals surface area contributed by atoms with Crippen LogP contribution in [0.1, 0.15) is 27.8 Å². The Morgan fingerprint density at radius 1 is 0.571 bits per heavy atom. The molecule has 1 aliphatic rings. The van der Waals surface area contributed by atoms with E-state index in [0.717, 1.165) is 27.9 Å². The van der Waals surface area contributed by atoms with Gasteiger partial charge < -0.3 is 14.4 Å². The number of nitrogens with one attached hydrogen (secondary N) is 2. The van der Waals surface area contributed by atoms with Gasteiger partial charge in [0.15, 0.2) is 0 Å². The molecule has 246 valence electrons. The van der Waals surface area contributed by atoms with E-state index in [2.05, 4.69) is 51.9 Å². The maximum atomic E-state index is 12.3. The fourth-order valence-electron chi connectivity index (χ4n) is 5.94. The molecule has 0 spiro atoms. The van der Waals surface area contributed by atoms with Gasteiger partial charge >= 0.3 is 6.03 Å². The van der Waals surface area contributed by atoms with Crippen LogP contribution in [-0.4, -0.2) is 44.1 Å². The van der Waals surface area contributed by atoms with Gasteiger partial charge in [0.1, 0.15) is 11.2 Å². The van der Waals surface area contributed by atoms with Crippen LogP contribution in [-0.2, 0) is 31.3 Å². The second kappa shape index (κ2) is 15.8. The number of benzene rings is 5. The van der Waals surface area contributed by atoms with Gasteiger partial charge in [-0.15, -0.1) is 0 Å². The average molecular weight is 652 g/mol. The number of anilines is 1. The Hall–Kier alpha value is -5.83. The summed E-state index contributed by atoms with van der Waals surface area (Å²) in [4.78, 5) is 38.2. The number of urea groups is 1. The number of barbiturate groups is 1. The molecule has 2 N–H and O–H groups in total. The molecule has 0 bridgehead atoms. The van der Waals surface area contributed by atoms with Gasteiger partial charge in [-0.2, -0.15) is 0 Å². The van der Waals surface area contributed by atoms with Crippen molar-refractivity contribution in [2.45, 2.75) is 12.2 Å². The fourth-order valence-corrected chi connectivity index (χ4v) is 5.94. The Labute approximate surface area is 286 Å². The highest BCUT2D eigenvalue weighted by Crippen LogP contribution is 2.40. The molecule has 1 saturated heterocycles. The van der Waals surface area contributed by atoms with Crippen molar-refractivity contribution in [2.24, 2.45) is 0 Å². The highest BCUT2D eigenvalue weighted by molar-refractivity contribution is 6.31. The third-order valence-electron chi connectivity index (χ3n) is 8.35. The zero-order valence-electron chi connectivity index (χ0n) is 27.0. The molecule has 0 unspecified atom stereocenters. The molecular formula is C41H37N3O5. The van der Waals surface area contributed by atoms with Gasteiger partial charge in [0, 0.05) is 18.8 Å². The highest BCUT2D eigenvalue weighted by Gasteiger charge is 2.37. The maximum Gasteiger partial charge on any atom is 0.328 e. The lowest BCUT2D eigenvalue weighted by atomic mass is 9.80. The summed E-state index contributed by atoms with van der Waals surface area (Å²) in [5.41, 5.74) is 4.77. The van der Waals surface area contributed by atoms with Crippen LogP contribution in [0.4, 0.5) is 10.5 Å². The van der Waals surface area contributed by atoms with Gasteiger partial charge in [0.05, 0.1) is 19.8 Å². The molecule has 5 aromatic carbocycles. The van der Waals surface area contributed by atoms with E-state index in [1.807, 2.05) is 109 Å². The van der Waals surface area contributed by atoms with E-state index in [-0.39, 0.29) is 5.57 Å². The molecule has 0 aliphatic carbocycles. The smallest absolute Gasteiger partial charge is 0.328 e. The van der Waals surface area contributed by atoms with E-state index in [0.29, 0.717) is 38.5 Å². The number of imide groups is 2. The summed E-state index contributed by atoms with van der Waals surface area (Å²) in [6.45, 7) is 2.52. The number of nitrogens with zero attached hydrogens (tertiary/aromatic N) is 1. The third kappa shape index (κ3) is 8.01. The van der Waals surface area contributed by atoms with Crippen LogP contribution < -0.4 is 15.5 Å². The first-order valence-electron chi connectivity index (χ1n) is 16.2. The minimum atomic E-state index is -0.849. The van der Waals surface area contributed by atoms with Crippen LogP contribution in [0.5, 0.6) is 0 Å². The lowest BCUT2D eigenvalue weighted by Crippen LogP contribution is -2.51. The van der Waals surface area contributed by atoms with Crippen LogP contribution in [0.25, 0.3) is 6.08 Å². The molecule has 4 amide bonds. The summed E-state index contributed by atoms with van der Waals surface area (Å²) in [6.07, 6.45) is 1.46. The molecule has 0 aromatic heterocycles. The second-order valence-corrected chi connectivity index (χ2v) is 11.5. The van der Waals surface area contributed by atoms with Crippen LogP contribution >= 0.6 is 0 Å². The molecule has 8 heteroatoms. The molecule has 0 radical (unpaired) electrons. The van der Waals surface area contributed by atoms with Crippen molar-refractivity contribution in [1.82, 2.24) is 10.6 Å². The Bertz CT molecular complexity index is 1760. The van der Waals surface area contributed by atoms with Crippen molar-refractivity contribution in [2.75, 3.05) is 31.2 Å². The monoisotopic (exact) mass is 651 g/mol. The van der Waals surface area contributed by atoms with E-state index >= 15 is 0 Å². The van der Waals surface area contributed by atoms with Crippen LogP contribution in [0, 0.1) is 0 Å². The molecule has 1 aliphatic heterocycles. The van der Waals surface area contributed by atoms with E-state index < -0.39 is 23.4 Å². The lowest BCUT2D eigenvalue weighted by Gasteiger charge is -2.37. The fraction of sp³-hybridized carbons (Fsp3) is 0.146. The molecule has 8 nitrogen and oxygen atoms in total. The van der Waals surface area contributed by atoms with Crippen LogP contribution in [0.3, 0.4) is 0 Å². The van der Waals surface area contributed by atoms with Crippen LogP contribution in [0.2, 0.25) is 0 Å². The van der Waals surface area contributed by atoms with Crippen molar-refractivity contribution in [3.8, 4) is 0 Å². The predicted molar refractivity (Wildman–Crippen MR) is 190 cm³/mol. The Morgan fingerprint density at radius 3 is 1.55 bits per heavy atom. The number of amides is 4. The summed E-state index contributed by atoms with van der Waals surface area (Å²) < 4.78 is 13.1. The summed E-state index contributed by atoms with van der Waals surface area (Å²) in [7, 11) is 0. The molecule has 6 rings (SSSR count). The Balaban J connectivity index is 1.25. The normalized spacial score (nSPS) is 13.1. The van der Waals surface area contributed by atoms with Crippen molar-refractivity contribution in [1.29, 1.82) is 0 Å². The zero-order chi connectivity index (χ0) is 33.9. The van der Waals surface area contributed by atoms with Crippen molar-refractivity contribution < 1.29 is 23.9 Å². The van der Waals surface area contributed by atoms with Gasteiger partial charge in [0.2, 0.25) is 0 Å². The predicted octanol–water partition coefficient (Wildman–Crippen LogP) is 6.47. The van der Waals surface area contributed by atoms with Crippen molar-refractivity contribution in [3.63, 3.8) is 0 Å². The van der Waals surface area contributed by atoms with Gasteiger partial charge in [-0.3, -0.25) is 20.2 Å². The molecule has 0 atom stereocenters. The van der Waals surface area contributed by atoms with Gasteiger partial charge in [-0.1, -0.05) is 133 Å². The summed E-state index contributed by atoms with van der Waals surface area (Å²) in [6, 6.07) is 47.6. The minimum absolute atomic E-state index is 0.133. The number of carbonyl (C=O) groups excluding carboxylic acids is 3. The molecule has 5 aromatic rings. The first-order valence-corrected chi connectivity index (χ1v) is 16.2. The van der Waals surface area contributed by atoms with Crippen molar-refractivity contribution >= 4 is 29.6 Å². The van der Waals surface area contributed by atoms with Gasteiger partial charge in [0.25, 0.3) is 11.8 Å². The zero-order valence-corrected chi connectivity index (χ0v) is 27.0. The van der Waals surface area contributed by atoms with E-state index in [4.69, 9.17) is 9.47 Å². The Kier molecular flexibility index (Phi) is 10.7. The molecule has 49 heavy (non-hydrogen) atoms. The molecule has 1 heterocycles. The van der Waals surface area contributed by atoms with Crippen molar-refractivity contribution in [3.05, 3.63) is 179 Å². The Morgan fingerprint density at radius 2 is 1.04 bits per heavy atom. The topological polar surface area (TPSA) is 97.0 Å². The van der Waals surface area contributed by atoms with E-state index in [9.17, 15) is 14.4 Å². The van der Waals surface area contributed by atoms with Gasteiger partial charge in [-0.25, -0.2) is 4.79 Å². The minimum Gasteiger partial charge on any atom is -0.375 e. The largest absolute Gasteiger partial charge is 0.375 e. The maximum absolute atomic E-state index is 12.3. The average Bonchev–Trinajstić information content (AvgIpc) is 3.14. The third-order valence-corrected chi connectivity index (χ3v) is 8.35. The first kappa shape index (κ1) is 33.1. The summed E-state index contributed by atoms with van der Waals surface area (Å²) >= 11 is 0.